The summed E-state index contributed by atoms with van der Waals surface area (Å²) >= 11 is 0. The SMILES string of the molecule is CC(C)(C)O.Cc1nc(-c2cnc(C)c(CC(=O)O)c2N2CCC(C)(C)CC2)cnc1OCCc1ccc(F)cc1. The Labute approximate surface area is 242 Å². The third-order valence-corrected chi connectivity index (χ3v) is 6.85. The number of aromatic nitrogens is 3. The second kappa shape index (κ2) is 13.4. The summed E-state index contributed by atoms with van der Waals surface area (Å²) in [6.07, 6.45) is 6.00. The van der Waals surface area contributed by atoms with Gasteiger partial charge in [0.15, 0.2) is 0 Å². The molecule has 4 rings (SSSR count). The maximum atomic E-state index is 13.1. The van der Waals surface area contributed by atoms with Gasteiger partial charge in [-0.15, -0.1) is 0 Å². The fourth-order valence-electron chi connectivity index (χ4n) is 4.54. The number of ether oxygens (including phenoxy) is 1. The zero-order valence-corrected chi connectivity index (χ0v) is 25.3. The Morgan fingerprint density at radius 1 is 1.05 bits per heavy atom. The Morgan fingerprint density at radius 2 is 1.66 bits per heavy atom. The van der Waals surface area contributed by atoms with Crippen molar-refractivity contribution in [3.63, 3.8) is 0 Å². The molecule has 2 aromatic heterocycles. The number of carbonyl (C=O) groups is 1. The normalized spacial score (nSPS) is 14.7. The summed E-state index contributed by atoms with van der Waals surface area (Å²) in [6, 6.07) is 6.35. The van der Waals surface area contributed by atoms with Crippen LogP contribution in [0.15, 0.2) is 36.7 Å². The molecule has 222 valence electrons. The first-order valence-electron chi connectivity index (χ1n) is 14.0. The van der Waals surface area contributed by atoms with Gasteiger partial charge in [0.2, 0.25) is 5.88 Å². The van der Waals surface area contributed by atoms with Crippen LogP contribution in [-0.4, -0.2) is 56.4 Å². The van der Waals surface area contributed by atoms with Gasteiger partial charge in [0.05, 0.1) is 36.2 Å². The van der Waals surface area contributed by atoms with Crippen molar-refractivity contribution in [2.75, 3.05) is 24.6 Å². The van der Waals surface area contributed by atoms with Gasteiger partial charge in [0.1, 0.15) is 11.5 Å². The molecule has 9 heteroatoms. The standard InChI is InChI=1S/C28H33FN4O3.C4H10O/c1-18-22(15-25(34)35)26(33-12-10-28(3,4)11-13-33)23(16-30-18)24-17-31-27(19(2)32-24)36-14-9-20-5-7-21(29)8-6-20;1-4(2,3)5/h5-8,16-17H,9-15H2,1-4H3,(H,34,35);5H,1-3H3. The highest BCUT2D eigenvalue weighted by Crippen LogP contribution is 2.39. The summed E-state index contributed by atoms with van der Waals surface area (Å²) < 4.78 is 19.0. The van der Waals surface area contributed by atoms with Gasteiger partial charge in [0, 0.05) is 42.5 Å². The van der Waals surface area contributed by atoms with Gasteiger partial charge >= 0.3 is 5.97 Å². The van der Waals surface area contributed by atoms with Crippen molar-refractivity contribution in [2.24, 2.45) is 5.41 Å². The Balaban J connectivity index is 0.000000850. The van der Waals surface area contributed by atoms with Crippen LogP contribution < -0.4 is 9.64 Å². The predicted octanol–water partition coefficient (Wildman–Crippen LogP) is 5.95. The minimum Gasteiger partial charge on any atom is -0.481 e. The fourth-order valence-corrected chi connectivity index (χ4v) is 4.54. The number of benzene rings is 1. The lowest BCUT2D eigenvalue weighted by Gasteiger charge is -2.40. The average molecular weight is 567 g/mol. The summed E-state index contributed by atoms with van der Waals surface area (Å²) in [6.45, 7) is 15.5. The fraction of sp³-hybridized carbons (Fsp3) is 0.500. The van der Waals surface area contributed by atoms with Crippen LogP contribution in [0.2, 0.25) is 0 Å². The van der Waals surface area contributed by atoms with Gasteiger partial charge in [0.25, 0.3) is 0 Å². The van der Waals surface area contributed by atoms with Crippen molar-refractivity contribution >= 4 is 11.7 Å². The first-order chi connectivity index (χ1) is 19.1. The highest BCUT2D eigenvalue weighted by atomic mass is 19.1. The van der Waals surface area contributed by atoms with Crippen molar-refractivity contribution in [1.82, 2.24) is 15.0 Å². The number of carboxylic acids is 1. The van der Waals surface area contributed by atoms with Gasteiger partial charge in [-0.3, -0.25) is 9.78 Å². The van der Waals surface area contributed by atoms with Crippen LogP contribution in [0.5, 0.6) is 5.88 Å². The third-order valence-electron chi connectivity index (χ3n) is 6.85. The van der Waals surface area contributed by atoms with E-state index < -0.39 is 11.6 Å². The third kappa shape index (κ3) is 9.78. The molecule has 2 N–H and O–H groups in total. The van der Waals surface area contributed by atoms with E-state index in [-0.39, 0.29) is 17.7 Å². The molecular weight excluding hydrogens is 523 g/mol. The summed E-state index contributed by atoms with van der Waals surface area (Å²) in [7, 11) is 0. The van der Waals surface area contributed by atoms with Gasteiger partial charge in [-0.25, -0.2) is 14.4 Å². The van der Waals surface area contributed by atoms with E-state index in [1.54, 1.807) is 45.3 Å². The Hall–Kier alpha value is -3.59. The topological polar surface area (TPSA) is 109 Å². The van der Waals surface area contributed by atoms with E-state index >= 15 is 0 Å². The van der Waals surface area contributed by atoms with E-state index in [9.17, 15) is 14.3 Å². The van der Waals surface area contributed by atoms with Gasteiger partial charge in [-0.2, -0.15) is 0 Å². The molecule has 1 aromatic carbocycles. The monoisotopic (exact) mass is 566 g/mol. The van der Waals surface area contributed by atoms with Crippen molar-refractivity contribution in [3.8, 4) is 17.1 Å². The van der Waals surface area contributed by atoms with E-state index in [2.05, 4.69) is 28.7 Å². The molecule has 8 nitrogen and oxygen atoms in total. The predicted molar refractivity (Wildman–Crippen MR) is 159 cm³/mol. The lowest BCUT2D eigenvalue weighted by atomic mass is 9.82. The molecule has 0 aliphatic carbocycles. The number of halogens is 1. The smallest absolute Gasteiger partial charge is 0.307 e. The average Bonchev–Trinajstić information content (AvgIpc) is 2.86. The minimum absolute atomic E-state index is 0.0983. The first-order valence-corrected chi connectivity index (χ1v) is 14.0. The van der Waals surface area contributed by atoms with E-state index in [1.165, 1.54) is 12.1 Å². The number of aliphatic hydroxyl groups is 1. The Bertz CT molecular complexity index is 1320. The molecule has 0 amide bonds. The number of hydrogen-bond acceptors (Lipinski definition) is 7. The minimum atomic E-state index is -0.886. The first kappa shape index (κ1) is 31.9. The quantitative estimate of drug-likeness (QED) is 0.345. The molecule has 0 unspecified atom stereocenters. The van der Waals surface area contributed by atoms with Crippen LogP contribution in [0, 0.1) is 25.1 Å². The maximum absolute atomic E-state index is 13.1. The molecule has 3 heterocycles. The zero-order chi connectivity index (χ0) is 30.4. The van der Waals surface area contributed by atoms with Crippen LogP contribution in [0.25, 0.3) is 11.3 Å². The van der Waals surface area contributed by atoms with Crippen molar-refractivity contribution in [1.29, 1.82) is 0 Å². The molecule has 0 saturated carbocycles. The highest BCUT2D eigenvalue weighted by Gasteiger charge is 2.29. The molecule has 0 atom stereocenters. The Morgan fingerprint density at radius 3 is 2.22 bits per heavy atom. The summed E-state index contributed by atoms with van der Waals surface area (Å²) in [5.41, 5.74) is 5.11. The number of hydrogen-bond donors (Lipinski definition) is 2. The van der Waals surface area contributed by atoms with E-state index in [0.29, 0.717) is 36.0 Å². The van der Waals surface area contributed by atoms with Gasteiger partial charge in [-0.1, -0.05) is 26.0 Å². The van der Waals surface area contributed by atoms with Crippen LogP contribution in [-0.2, 0) is 17.6 Å². The van der Waals surface area contributed by atoms with Crippen LogP contribution >= 0.6 is 0 Å². The van der Waals surface area contributed by atoms with Crippen LogP contribution in [0.1, 0.15) is 70.0 Å². The molecule has 1 aliphatic heterocycles. The molecule has 3 aromatic rings. The number of aryl methyl sites for hydroxylation is 2. The maximum Gasteiger partial charge on any atom is 0.307 e. The van der Waals surface area contributed by atoms with Crippen LogP contribution in [0.4, 0.5) is 10.1 Å². The highest BCUT2D eigenvalue weighted by molar-refractivity contribution is 5.83. The summed E-state index contributed by atoms with van der Waals surface area (Å²) in [5.74, 6) is -0.711. The molecule has 1 aliphatic rings. The number of anilines is 1. The molecule has 1 saturated heterocycles. The second-order valence-electron chi connectivity index (χ2n) is 12.3. The zero-order valence-electron chi connectivity index (χ0n) is 25.3. The van der Waals surface area contributed by atoms with Gasteiger partial charge < -0.3 is 19.8 Å². The number of pyridine rings is 1. The molecule has 0 spiro atoms. The lowest BCUT2D eigenvalue weighted by Crippen LogP contribution is -2.38. The molecule has 41 heavy (non-hydrogen) atoms. The molecular formula is C32H43FN4O4. The van der Waals surface area contributed by atoms with E-state index in [1.807, 2.05) is 13.8 Å². The molecule has 0 radical (unpaired) electrons. The molecule has 0 bridgehead atoms. The Kier molecular flexibility index (Phi) is 10.4. The number of aliphatic carboxylic acids is 1. The lowest BCUT2D eigenvalue weighted by molar-refractivity contribution is -0.136. The van der Waals surface area contributed by atoms with Crippen molar-refractivity contribution < 1.29 is 24.1 Å². The van der Waals surface area contributed by atoms with Gasteiger partial charge in [-0.05, 0) is 70.6 Å². The van der Waals surface area contributed by atoms with Crippen molar-refractivity contribution in [2.45, 2.75) is 79.8 Å². The summed E-state index contributed by atoms with van der Waals surface area (Å²) in [4.78, 5) is 27.8. The molecule has 1 fully saturated rings. The number of piperidine rings is 1. The van der Waals surface area contributed by atoms with E-state index in [0.717, 1.165) is 48.3 Å². The van der Waals surface area contributed by atoms with E-state index in [4.69, 9.17) is 14.8 Å². The van der Waals surface area contributed by atoms with Crippen LogP contribution in [0.3, 0.4) is 0 Å². The number of nitrogens with zero attached hydrogens (tertiary/aromatic N) is 4. The largest absolute Gasteiger partial charge is 0.481 e. The number of carboxylic acid groups (broad SMARTS) is 1. The number of rotatable bonds is 8. The summed E-state index contributed by atoms with van der Waals surface area (Å²) in [5, 5.41) is 18.1. The second-order valence-corrected chi connectivity index (χ2v) is 12.3. The van der Waals surface area contributed by atoms with Crippen molar-refractivity contribution in [3.05, 3.63) is 65.0 Å².